The minimum atomic E-state index is -0.265. The highest BCUT2D eigenvalue weighted by Crippen LogP contribution is 2.26. The molecule has 0 aliphatic carbocycles. The molecule has 1 amide bonds. The Bertz CT molecular complexity index is 1250. The molecule has 6 nitrogen and oxygen atoms in total. The molecule has 0 aliphatic rings. The Morgan fingerprint density at radius 3 is 2.58 bits per heavy atom. The summed E-state index contributed by atoms with van der Waals surface area (Å²) in [6, 6.07) is 22.4. The van der Waals surface area contributed by atoms with Gasteiger partial charge in [0, 0.05) is 11.9 Å². The highest BCUT2D eigenvalue weighted by atomic mass is 16.3. The van der Waals surface area contributed by atoms with E-state index in [1.165, 1.54) is 6.07 Å². The maximum Gasteiger partial charge on any atom is 0.255 e. The van der Waals surface area contributed by atoms with E-state index in [-0.39, 0.29) is 11.7 Å². The quantitative estimate of drug-likeness (QED) is 0.389. The van der Waals surface area contributed by atoms with Gasteiger partial charge in [0.15, 0.2) is 0 Å². The van der Waals surface area contributed by atoms with Gasteiger partial charge < -0.3 is 10.4 Å². The van der Waals surface area contributed by atoms with Gasteiger partial charge in [-0.1, -0.05) is 36.4 Å². The van der Waals surface area contributed by atoms with Gasteiger partial charge in [0.25, 0.3) is 5.91 Å². The summed E-state index contributed by atoms with van der Waals surface area (Å²) in [5.74, 6) is -0.276. The topological polar surface area (TPSA) is 102 Å². The van der Waals surface area contributed by atoms with Crippen LogP contribution in [-0.4, -0.2) is 27.8 Å². The minimum Gasteiger partial charge on any atom is -0.507 e. The molecule has 0 unspecified atom stereocenters. The maximum absolute atomic E-state index is 12.1. The second-order valence-electron chi connectivity index (χ2n) is 7.35. The summed E-state index contributed by atoms with van der Waals surface area (Å²) in [4.78, 5) is 12.1. The number of benzene rings is 3. The Kier molecular flexibility index (Phi) is 5.95. The van der Waals surface area contributed by atoms with Crippen LogP contribution in [0.1, 0.15) is 34.5 Å². The molecule has 0 bridgehead atoms. The Hall–Kier alpha value is -4.11. The summed E-state index contributed by atoms with van der Waals surface area (Å²) in [6.45, 7) is 0.540. The van der Waals surface area contributed by atoms with Crippen molar-refractivity contribution in [2.75, 3.05) is 6.54 Å². The molecular formula is C25H22N4O2. The van der Waals surface area contributed by atoms with E-state index < -0.39 is 0 Å². The fraction of sp³-hybridized carbons (Fsp3) is 0.160. The standard InChI is InChI=1S/C25H22N4O2/c26-16-17-8-10-18(11-9-17)19-12-13-20-22(28-29-23(20)15-19)6-3-4-14-27-25(31)21-5-1-2-7-24(21)30/h1-2,5,7-13,15,30H,3-4,6,14H2,(H,27,31)(H,28,29). The molecule has 154 valence electrons. The molecule has 0 spiro atoms. The smallest absolute Gasteiger partial charge is 0.255 e. The zero-order valence-electron chi connectivity index (χ0n) is 16.9. The number of hydrogen-bond acceptors (Lipinski definition) is 4. The molecule has 0 atom stereocenters. The van der Waals surface area contributed by atoms with Gasteiger partial charge in [-0.15, -0.1) is 0 Å². The van der Waals surface area contributed by atoms with Crippen LogP contribution in [0.3, 0.4) is 0 Å². The van der Waals surface area contributed by atoms with Crippen molar-refractivity contribution in [1.29, 1.82) is 5.26 Å². The van der Waals surface area contributed by atoms with Crippen LogP contribution < -0.4 is 5.32 Å². The second-order valence-corrected chi connectivity index (χ2v) is 7.35. The molecule has 3 N–H and O–H groups in total. The number of H-pyrrole nitrogens is 1. The van der Waals surface area contributed by atoms with E-state index >= 15 is 0 Å². The third-order valence-corrected chi connectivity index (χ3v) is 5.26. The number of rotatable bonds is 7. The highest BCUT2D eigenvalue weighted by molar-refractivity contribution is 5.96. The number of nitrogens with zero attached hydrogens (tertiary/aromatic N) is 2. The average Bonchev–Trinajstić information content (AvgIpc) is 3.21. The van der Waals surface area contributed by atoms with Gasteiger partial charge in [-0.05, 0) is 60.7 Å². The monoisotopic (exact) mass is 410 g/mol. The number of unbranched alkanes of at least 4 members (excludes halogenated alkanes) is 1. The van der Waals surface area contributed by atoms with Crippen molar-refractivity contribution < 1.29 is 9.90 Å². The van der Waals surface area contributed by atoms with Crippen LogP contribution in [-0.2, 0) is 6.42 Å². The van der Waals surface area contributed by atoms with Crippen LogP contribution >= 0.6 is 0 Å². The molecule has 31 heavy (non-hydrogen) atoms. The lowest BCUT2D eigenvalue weighted by molar-refractivity contribution is 0.0950. The minimum absolute atomic E-state index is 0.0108. The van der Waals surface area contributed by atoms with E-state index in [9.17, 15) is 9.90 Å². The van der Waals surface area contributed by atoms with E-state index in [2.05, 4.69) is 39.8 Å². The number of hydrogen-bond donors (Lipinski definition) is 3. The number of para-hydroxylation sites is 1. The van der Waals surface area contributed by atoms with Crippen molar-refractivity contribution in [2.45, 2.75) is 19.3 Å². The lowest BCUT2D eigenvalue weighted by Crippen LogP contribution is -2.24. The Morgan fingerprint density at radius 2 is 1.81 bits per heavy atom. The number of aromatic amines is 1. The number of amides is 1. The van der Waals surface area contributed by atoms with Crippen LogP contribution in [0.15, 0.2) is 66.7 Å². The number of phenolic OH excluding ortho intramolecular Hbond substituents is 1. The second kappa shape index (κ2) is 9.14. The van der Waals surface area contributed by atoms with E-state index in [1.54, 1.807) is 18.2 Å². The normalized spacial score (nSPS) is 10.7. The number of carbonyl (C=O) groups is 1. The van der Waals surface area contributed by atoms with Gasteiger partial charge in [-0.25, -0.2) is 0 Å². The van der Waals surface area contributed by atoms with Crippen LogP contribution in [0.2, 0.25) is 0 Å². The van der Waals surface area contributed by atoms with Crippen LogP contribution in [0.25, 0.3) is 22.0 Å². The molecule has 0 radical (unpaired) electrons. The number of nitrogens with one attached hydrogen (secondary N) is 2. The van der Waals surface area contributed by atoms with Crippen molar-refractivity contribution >= 4 is 16.8 Å². The van der Waals surface area contributed by atoms with Gasteiger partial charge in [-0.3, -0.25) is 9.89 Å². The molecule has 4 rings (SSSR count). The van der Waals surface area contributed by atoms with E-state index in [4.69, 9.17) is 5.26 Å². The average molecular weight is 410 g/mol. The number of aromatic hydroxyl groups is 1. The van der Waals surface area contributed by atoms with E-state index in [0.29, 0.717) is 17.7 Å². The van der Waals surface area contributed by atoms with Gasteiger partial charge in [0.2, 0.25) is 0 Å². The fourth-order valence-corrected chi connectivity index (χ4v) is 3.56. The SMILES string of the molecule is N#Cc1ccc(-c2ccc3c(CCCCNC(=O)c4ccccc4O)n[nH]c3c2)cc1. The van der Waals surface area contributed by atoms with Gasteiger partial charge in [0.1, 0.15) is 5.75 Å². The molecule has 4 aromatic rings. The zero-order chi connectivity index (χ0) is 21.6. The number of aryl methyl sites for hydroxylation is 1. The molecule has 1 heterocycles. The first-order valence-electron chi connectivity index (χ1n) is 10.2. The summed E-state index contributed by atoms with van der Waals surface area (Å²) in [7, 11) is 0. The number of fused-ring (bicyclic) bond motifs is 1. The molecule has 0 fully saturated rings. The summed E-state index contributed by atoms with van der Waals surface area (Å²) in [5, 5.41) is 30.2. The number of phenols is 1. The van der Waals surface area contributed by atoms with Gasteiger partial charge >= 0.3 is 0 Å². The Balaban J connectivity index is 1.32. The number of nitriles is 1. The van der Waals surface area contributed by atoms with Crippen LogP contribution in [0, 0.1) is 11.3 Å². The first-order valence-corrected chi connectivity index (χ1v) is 10.2. The van der Waals surface area contributed by atoms with Crippen LogP contribution in [0.5, 0.6) is 5.75 Å². The molecule has 0 saturated heterocycles. The third-order valence-electron chi connectivity index (χ3n) is 5.26. The van der Waals surface area contributed by atoms with Crippen molar-refractivity contribution in [3.8, 4) is 22.9 Å². The number of carbonyl (C=O) groups excluding carboxylic acids is 1. The van der Waals surface area contributed by atoms with E-state index in [0.717, 1.165) is 47.0 Å². The molecule has 3 aromatic carbocycles. The predicted molar refractivity (Wildman–Crippen MR) is 120 cm³/mol. The molecule has 1 aromatic heterocycles. The molecule has 6 heteroatoms. The molecular weight excluding hydrogens is 388 g/mol. The largest absolute Gasteiger partial charge is 0.507 e. The molecule has 0 saturated carbocycles. The summed E-state index contributed by atoms with van der Waals surface area (Å²) >= 11 is 0. The predicted octanol–water partition coefficient (Wildman–Crippen LogP) is 4.56. The van der Waals surface area contributed by atoms with Crippen molar-refractivity contribution in [3.05, 3.63) is 83.6 Å². The zero-order valence-corrected chi connectivity index (χ0v) is 16.9. The number of aromatic nitrogens is 2. The first-order chi connectivity index (χ1) is 15.2. The first kappa shape index (κ1) is 20.2. The fourth-order valence-electron chi connectivity index (χ4n) is 3.56. The summed E-state index contributed by atoms with van der Waals surface area (Å²) < 4.78 is 0. The lowest BCUT2D eigenvalue weighted by atomic mass is 10.0. The third kappa shape index (κ3) is 4.57. The van der Waals surface area contributed by atoms with Crippen molar-refractivity contribution in [2.24, 2.45) is 0 Å². The summed E-state index contributed by atoms with van der Waals surface area (Å²) in [5.41, 5.74) is 5.04. The van der Waals surface area contributed by atoms with Gasteiger partial charge in [-0.2, -0.15) is 10.4 Å². The summed E-state index contributed by atoms with van der Waals surface area (Å²) in [6.07, 6.45) is 2.51. The highest BCUT2D eigenvalue weighted by Gasteiger charge is 2.10. The molecule has 0 aliphatic heterocycles. The van der Waals surface area contributed by atoms with Crippen molar-refractivity contribution in [3.63, 3.8) is 0 Å². The maximum atomic E-state index is 12.1. The van der Waals surface area contributed by atoms with E-state index in [1.807, 2.05) is 24.3 Å². The van der Waals surface area contributed by atoms with Crippen LogP contribution in [0.4, 0.5) is 0 Å². The van der Waals surface area contributed by atoms with Gasteiger partial charge in [0.05, 0.1) is 28.4 Å². The lowest BCUT2D eigenvalue weighted by Gasteiger charge is -2.06. The van der Waals surface area contributed by atoms with Crippen molar-refractivity contribution in [1.82, 2.24) is 15.5 Å². The Morgan fingerprint density at radius 1 is 1.03 bits per heavy atom. The Labute approximate surface area is 180 Å².